The normalized spacial score (nSPS) is 23.4. The first kappa shape index (κ1) is 20.7. The Morgan fingerprint density at radius 1 is 1.30 bits per heavy atom. The second-order valence-electron chi connectivity index (χ2n) is 7.19. The Morgan fingerprint density at radius 2 is 2.03 bits per heavy atom. The van der Waals surface area contributed by atoms with Gasteiger partial charge in [-0.05, 0) is 23.6 Å². The molecule has 10 heteroatoms. The molecule has 158 valence electrons. The highest BCUT2D eigenvalue weighted by molar-refractivity contribution is 7.91. The highest BCUT2D eigenvalue weighted by atomic mass is 32.2. The van der Waals surface area contributed by atoms with Gasteiger partial charge in [0.25, 0.3) is 10.0 Å². The summed E-state index contributed by atoms with van der Waals surface area (Å²) in [5.41, 5.74) is -0.303. The van der Waals surface area contributed by atoms with Crippen LogP contribution in [0.5, 0.6) is 0 Å². The lowest BCUT2D eigenvalue weighted by Gasteiger charge is -2.15. The Morgan fingerprint density at radius 3 is 2.70 bits per heavy atom. The minimum absolute atomic E-state index is 0.0142. The zero-order valence-electron chi connectivity index (χ0n) is 16.2. The van der Waals surface area contributed by atoms with Gasteiger partial charge in [-0.2, -0.15) is 4.72 Å². The molecule has 0 radical (unpaired) electrons. The molecule has 3 aromatic rings. The van der Waals surface area contributed by atoms with E-state index < -0.39 is 33.4 Å². The van der Waals surface area contributed by atoms with Crippen molar-refractivity contribution in [2.45, 2.75) is 29.2 Å². The maximum absolute atomic E-state index is 13.0. The monoisotopic (exact) mass is 448 g/mol. The summed E-state index contributed by atoms with van der Waals surface area (Å²) in [7, 11) is -2.53. The lowest BCUT2D eigenvalue weighted by molar-refractivity contribution is -0.140. The van der Waals surface area contributed by atoms with E-state index in [4.69, 9.17) is 9.26 Å². The van der Waals surface area contributed by atoms with Crippen LogP contribution >= 0.6 is 11.3 Å². The molecule has 1 saturated carbocycles. The average Bonchev–Trinajstić information content (AvgIpc) is 3.12. The Kier molecular flexibility index (Phi) is 5.27. The van der Waals surface area contributed by atoms with Gasteiger partial charge >= 0.3 is 5.97 Å². The quantitative estimate of drug-likeness (QED) is 0.543. The van der Waals surface area contributed by atoms with Crippen LogP contribution in [0.15, 0.2) is 57.3 Å². The molecule has 30 heavy (non-hydrogen) atoms. The van der Waals surface area contributed by atoms with E-state index in [2.05, 4.69) is 9.88 Å². The Hall–Kier alpha value is -2.53. The van der Waals surface area contributed by atoms with E-state index in [1.807, 2.05) is 30.3 Å². The van der Waals surface area contributed by atoms with Crippen molar-refractivity contribution in [3.63, 3.8) is 0 Å². The van der Waals surface area contributed by atoms with Crippen molar-refractivity contribution in [3.8, 4) is 10.6 Å². The van der Waals surface area contributed by atoms with Gasteiger partial charge in [-0.1, -0.05) is 42.4 Å². The van der Waals surface area contributed by atoms with Crippen LogP contribution in [0.2, 0.25) is 0 Å². The van der Waals surface area contributed by atoms with Crippen molar-refractivity contribution in [3.05, 3.63) is 59.9 Å². The number of aliphatic carboxylic acids is 1. The van der Waals surface area contributed by atoms with E-state index in [9.17, 15) is 18.3 Å². The molecule has 1 unspecified atom stereocenters. The SMILES string of the molecule is COCc1cc(-c2ccc(S(=O)(=O)N[C@@]3(C(=O)O)C(C)[C@H]3c3ccccc3)s2)no1. The van der Waals surface area contributed by atoms with Crippen LogP contribution in [0.25, 0.3) is 10.6 Å². The number of nitrogens with one attached hydrogen (secondary N) is 1. The minimum atomic E-state index is -4.06. The zero-order chi connectivity index (χ0) is 21.5. The van der Waals surface area contributed by atoms with Gasteiger partial charge in [0.2, 0.25) is 0 Å². The number of hydrogen-bond acceptors (Lipinski definition) is 7. The van der Waals surface area contributed by atoms with E-state index in [0.717, 1.165) is 16.9 Å². The zero-order valence-corrected chi connectivity index (χ0v) is 17.9. The standard InChI is InChI=1S/C20H20N2O6S2/c1-12-18(13-6-4-3-5-7-13)20(12,19(23)24)22-30(25,26)17-9-8-16(29-17)15-10-14(11-27-2)28-21-15/h3-10,12,18,22H,11H2,1-2H3,(H,23,24)/t12?,18-,20-/m0/s1. The molecule has 0 spiro atoms. The van der Waals surface area contributed by atoms with Gasteiger partial charge in [0.1, 0.15) is 22.0 Å². The number of methoxy groups -OCH3 is 1. The van der Waals surface area contributed by atoms with Gasteiger partial charge in [0.05, 0.1) is 4.88 Å². The maximum Gasteiger partial charge on any atom is 0.325 e. The Labute approximate surface area is 177 Å². The van der Waals surface area contributed by atoms with E-state index in [1.54, 1.807) is 19.1 Å². The third kappa shape index (κ3) is 3.45. The summed E-state index contributed by atoms with van der Waals surface area (Å²) in [4.78, 5) is 12.7. The van der Waals surface area contributed by atoms with Crippen LogP contribution < -0.4 is 4.72 Å². The maximum atomic E-state index is 13.0. The van der Waals surface area contributed by atoms with Crippen LogP contribution in [0.1, 0.15) is 24.2 Å². The number of carboxylic acid groups (broad SMARTS) is 1. The fraction of sp³-hybridized carbons (Fsp3) is 0.300. The fourth-order valence-corrected chi connectivity index (χ4v) is 6.53. The molecule has 2 heterocycles. The number of ether oxygens (including phenoxy) is 1. The second kappa shape index (κ2) is 7.62. The molecule has 1 aliphatic carbocycles. The van der Waals surface area contributed by atoms with Crippen molar-refractivity contribution in [1.82, 2.24) is 9.88 Å². The number of sulfonamides is 1. The van der Waals surface area contributed by atoms with Crippen LogP contribution in [0, 0.1) is 5.92 Å². The van der Waals surface area contributed by atoms with Gasteiger partial charge in [0, 0.05) is 19.1 Å². The molecule has 0 amide bonds. The summed E-state index contributed by atoms with van der Waals surface area (Å²) in [6, 6.07) is 13.8. The largest absolute Gasteiger partial charge is 0.480 e. The van der Waals surface area contributed by atoms with Gasteiger partial charge < -0.3 is 14.4 Å². The highest BCUT2D eigenvalue weighted by Crippen LogP contribution is 2.58. The highest BCUT2D eigenvalue weighted by Gasteiger charge is 2.70. The van der Waals surface area contributed by atoms with Crippen molar-refractivity contribution in [2.24, 2.45) is 5.92 Å². The molecule has 2 aromatic heterocycles. The number of aromatic nitrogens is 1. The number of carboxylic acids is 1. The predicted octanol–water partition coefficient (Wildman–Crippen LogP) is 3.08. The van der Waals surface area contributed by atoms with Crippen LogP contribution in [0.4, 0.5) is 0 Å². The summed E-state index contributed by atoms with van der Waals surface area (Å²) >= 11 is 0.996. The van der Waals surface area contributed by atoms with Crippen LogP contribution in [0.3, 0.4) is 0 Å². The summed E-state index contributed by atoms with van der Waals surface area (Å²) in [6.45, 7) is 1.99. The molecule has 0 aliphatic heterocycles. The van der Waals surface area contributed by atoms with E-state index >= 15 is 0 Å². The Bertz CT molecular complexity index is 1170. The molecular formula is C20H20N2O6S2. The third-order valence-corrected chi connectivity index (χ3v) is 8.44. The first-order valence-electron chi connectivity index (χ1n) is 9.16. The topological polar surface area (TPSA) is 119 Å². The third-order valence-electron chi connectivity index (χ3n) is 5.36. The first-order chi connectivity index (χ1) is 14.3. The fourth-order valence-electron chi connectivity index (χ4n) is 3.82. The summed E-state index contributed by atoms with van der Waals surface area (Å²) in [5.74, 6) is -1.51. The molecule has 3 atom stereocenters. The second-order valence-corrected chi connectivity index (χ2v) is 10.2. The van der Waals surface area contributed by atoms with Crippen LogP contribution in [-0.2, 0) is 26.2 Å². The van der Waals surface area contributed by atoms with E-state index in [-0.39, 0.29) is 10.8 Å². The van der Waals surface area contributed by atoms with Gasteiger partial charge in [-0.15, -0.1) is 11.3 Å². The molecule has 1 fully saturated rings. The first-order valence-corrected chi connectivity index (χ1v) is 11.5. The van der Waals surface area contributed by atoms with Crippen molar-refractivity contribution < 1.29 is 27.6 Å². The number of hydrogen-bond donors (Lipinski definition) is 2. The van der Waals surface area contributed by atoms with E-state index in [1.165, 1.54) is 13.2 Å². The average molecular weight is 449 g/mol. The number of rotatable bonds is 8. The molecular weight excluding hydrogens is 428 g/mol. The van der Waals surface area contributed by atoms with E-state index in [0.29, 0.717) is 16.3 Å². The molecule has 1 aliphatic rings. The number of thiophene rings is 1. The lowest BCUT2D eigenvalue weighted by atomic mass is 10.1. The molecule has 1 aromatic carbocycles. The van der Waals surface area contributed by atoms with Crippen molar-refractivity contribution >= 4 is 27.3 Å². The lowest BCUT2D eigenvalue weighted by Crippen LogP contribution is -2.45. The smallest absolute Gasteiger partial charge is 0.325 e. The molecule has 2 N–H and O–H groups in total. The van der Waals surface area contributed by atoms with Crippen molar-refractivity contribution in [2.75, 3.05) is 7.11 Å². The van der Waals surface area contributed by atoms with Gasteiger partial charge in [-0.3, -0.25) is 4.79 Å². The number of nitrogens with zero attached hydrogens (tertiary/aromatic N) is 1. The summed E-state index contributed by atoms with van der Waals surface area (Å²) in [6.07, 6.45) is 0. The minimum Gasteiger partial charge on any atom is -0.480 e. The summed E-state index contributed by atoms with van der Waals surface area (Å²) < 4.78 is 38.7. The molecule has 0 saturated heterocycles. The number of carbonyl (C=O) groups is 1. The van der Waals surface area contributed by atoms with Gasteiger partial charge in [0.15, 0.2) is 5.76 Å². The van der Waals surface area contributed by atoms with Crippen molar-refractivity contribution in [1.29, 1.82) is 0 Å². The number of benzene rings is 1. The summed E-state index contributed by atoms with van der Waals surface area (Å²) in [5, 5.41) is 13.8. The van der Waals surface area contributed by atoms with Crippen LogP contribution in [-0.4, -0.2) is 37.3 Å². The van der Waals surface area contributed by atoms with Gasteiger partial charge in [-0.25, -0.2) is 8.42 Å². The molecule has 0 bridgehead atoms. The predicted molar refractivity (Wildman–Crippen MR) is 110 cm³/mol. The molecule has 4 rings (SSSR count). The molecule has 8 nitrogen and oxygen atoms in total. The Balaban J connectivity index is 1.61.